The third kappa shape index (κ3) is 2.24. The highest BCUT2D eigenvalue weighted by molar-refractivity contribution is 5.49. The second kappa shape index (κ2) is 4.72. The van der Waals surface area contributed by atoms with Gasteiger partial charge < -0.3 is 9.88 Å². The summed E-state index contributed by atoms with van der Waals surface area (Å²) in [6.07, 6.45) is 3.88. The van der Waals surface area contributed by atoms with Crippen molar-refractivity contribution in [1.29, 1.82) is 0 Å². The van der Waals surface area contributed by atoms with Crippen molar-refractivity contribution in [2.24, 2.45) is 0 Å². The van der Waals surface area contributed by atoms with Gasteiger partial charge in [-0.05, 0) is 38.9 Å². The summed E-state index contributed by atoms with van der Waals surface area (Å²) in [4.78, 5) is 4.39. The Morgan fingerprint density at radius 1 is 1.18 bits per heavy atom. The molecule has 3 nitrogen and oxygen atoms in total. The molecule has 0 amide bonds. The highest BCUT2D eigenvalue weighted by Gasteiger charge is 2.09. The molecule has 1 aromatic heterocycles. The number of hydrogen-bond acceptors (Lipinski definition) is 2. The molecule has 0 saturated heterocycles. The van der Waals surface area contributed by atoms with Crippen LogP contribution < -0.4 is 5.32 Å². The van der Waals surface area contributed by atoms with E-state index in [0.29, 0.717) is 0 Å². The molecule has 0 aliphatic heterocycles. The van der Waals surface area contributed by atoms with Crippen molar-refractivity contribution in [1.82, 2.24) is 14.9 Å². The summed E-state index contributed by atoms with van der Waals surface area (Å²) in [6, 6.07) is 4.43. The second-order valence-electron chi connectivity index (χ2n) is 4.49. The molecule has 2 aromatic rings. The summed E-state index contributed by atoms with van der Waals surface area (Å²) in [7, 11) is 1.94. The Morgan fingerprint density at radius 3 is 2.41 bits per heavy atom. The molecule has 3 heteroatoms. The van der Waals surface area contributed by atoms with Crippen LogP contribution in [-0.2, 0) is 6.54 Å². The summed E-state index contributed by atoms with van der Waals surface area (Å²) in [6.45, 7) is 7.21. The number of imidazole rings is 1. The predicted molar refractivity (Wildman–Crippen MR) is 70.5 cm³/mol. The van der Waals surface area contributed by atoms with Crippen LogP contribution in [0.15, 0.2) is 24.5 Å². The third-order valence-electron chi connectivity index (χ3n) is 2.93. The fourth-order valence-corrected chi connectivity index (χ4v) is 2.38. The van der Waals surface area contributed by atoms with E-state index >= 15 is 0 Å². The topological polar surface area (TPSA) is 29.9 Å². The molecule has 17 heavy (non-hydrogen) atoms. The Bertz CT molecular complexity index is 503. The smallest absolute Gasteiger partial charge is 0.127 e. The number of benzene rings is 1. The molecular weight excluding hydrogens is 210 g/mol. The lowest BCUT2D eigenvalue weighted by molar-refractivity contribution is 0.739. The van der Waals surface area contributed by atoms with Crippen LogP contribution in [0.1, 0.15) is 22.5 Å². The first-order valence-corrected chi connectivity index (χ1v) is 5.88. The van der Waals surface area contributed by atoms with Crippen molar-refractivity contribution in [2.45, 2.75) is 27.3 Å². The highest BCUT2D eigenvalue weighted by Crippen LogP contribution is 2.22. The molecule has 0 fully saturated rings. The first-order valence-electron chi connectivity index (χ1n) is 5.88. The van der Waals surface area contributed by atoms with Crippen LogP contribution in [0.5, 0.6) is 0 Å². The van der Waals surface area contributed by atoms with E-state index in [1.54, 1.807) is 0 Å². The number of rotatable bonds is 3. The van der Waals surface area contributed by atoms with Crippen LogP contribution in [0.4, 0.5) is 0 Å². The highest BCUT2D eigenvalue weighted by atomic mass is 15.1. The van der Waals surface area contributed by atoms with Crippen molar-refractivity contribution in [3.05, 3.63) is 47.0 Å². The lowest BCUT2D eigenvalue weighted by Gasteiger charge is -2.14. The Labute approximate surface area is 103 Å². The number of nitrogens with zero attached hydrogens (tertiary/aromatic N) is 2. The van der Waals surface area contributed by atoms with Crippen molar-refractivity contribution in [3.8, 4) is 5.69 Å². The Morgan fingerprint density at radius 2 is 1.82 bits per heavy atom. The molecule has 0 aliphatic carbocycles. The standard InChI is InChI=1S/C14H19N3/c1-10-7-11(2)14(12(3)8-10)17-6-5-16-13(17)9-15-4/h5-8,15H,9H2,1-4H3. The first kappa shape index (κ1) is 11.9. The zero-order chi connectivity index (χ0) is 12.4. The van der Waals surface area contributed by atoms with Gasteiger partial charge in [-0.25, -0.2) is 4.98 Å². The SMILES string of the molecule is CNCc1nccn1-c1c(C)cc(C)cc1C. The maximum Gasteiger partial charge on any atom is 0.127 e. The van der Waals surface area contributed by atoms with Crippen molar-refractivity contribution < 1.29 is 0 Å². The molecule has 0 saturated carbocycles. The first-order chi connectivity index (χ1) is 8.13. The van der Waals surface area contributed by atoms with Gasteiger partial charge in [0, 0.05) is 12.4 Å². The van der Waals surface area contributed by atoms with Crippen LogP contribution in [0, 0.1) is 20.8 Å². The van der Waals surface area contributed by atoms with Crippen LogP contribution in [0.2, 0.25) is 0 Å². The number of aryl methyl sites for hydroxylation is 3. The quantitative estimate of drug-likeness (QED) is 0.876. The van der Waals surface area contributed by atoms with Crippen LogP contribution >= 0.6 is 0 Å². The van der Waals surface area contributed by atoms with E-state index in [4.69, 9.17) is 0 Å². The molecular formula is C14H19N3. The molecule has 0 radical (unpaired) electrons. The van der Waals surface area contributed by atoms with E-state index in [1.807, 2.05) is 19.4 Å². The third-order valence-corrected chi connectivity index (χ3v) is 2.93. The second-order valence-corrected chi connectivity index (χ2v) is 4.49. The van der Waals surface area contributed by atoms with Crippen molar-refractivity contribution in [2.75, 3.05) is 7.05 Å². The van der Waals surface area contributed by atoms with Crippen molar-refractivity contribution in [3.63, 3.8) is 0 Å². The minimum atomic E-state index is 0.778. The van der Waals surface area contributed by atoms with Crippen molar-refractivity contribution >= 4 is 0 Å². The molecule has 0 atom stereocenters. The van der Waals surface area contributed by atoms with E-state index in [9.17, 15) is 0 Å². The fourth-order valence-electron chi connectivity index (χ4n) is 2.38. The van der Waals surface area contributed by atoms with Gasteiger partial charge in [0.05, 0.1) is 12.2 Å². The molecule has 0 aliphatic rings. The van der Waals surface area contributed by atoms with E-state index in [1.165, 1.54) is 22.4 Å². The van der Waals surface area contributed by atoms with Crippen LogP contribution in [-0.4, -0.2) is 16.6 Å². The molecule has 90 valence electrons. The van der Waals surface area contributed by atoms with E-state index < -0.39 is 0 Å². The average Bonchev–Trinajstić information content (AvgIpc) is 2.65. The lowest BCUT2D eigenvalue weighted by Crippen LogP contribution is -2.12. The van der Waals surface area contributed by atoms with E-state index in [0.717, 1.165) is 12.4 Å². The fraction of sp³-hybridized carbons (Fsp3) is 0.357. The average molecular weight is 229 g/mol. The van der Waals surface area contributed by atoms with Gasteiger partial charge in [-0.2, -0.15) is 0 Å². The number of nitrogens with one attached hydrogen (secondary N) is 1. The maximum atomic E-state index is 4.39. The Balaban J connectivity index is 2.56. The summed E-state index contributed by atoms with van der Waals surface area (Å²) in [5, 5.41) is 3.15. The molecule has 0 spiro atoms. The van der Waals surface area contributed by atoms with Gasteiger partial charge in [0.2, 0.25) is 0 Å². The largest absolute Gasteiger partial charge is 0.313 e. The minimum absolute atomic E-state index is 0.778. The van der Waals surface area contributed by atoms with Crippen LogP contribution in [0.3, 0.4) is 0 Å². The van der Waals surface area contributed by atoms with E-state index in [2.05, 4.69) is 47.8 Å². The Hall–Kier alpha value is -1.61. The zero-order valence-electron chi connectivity index (χ0n) is 10.9. The normalized spacial score (nSPS) is 10.8. The lowest BCUT2D eigenvalue weighted by atomic mass is 10.0. The van der Waals surface area contributed by atoms with Crippen LogP contribution in [0.25, 0.3) is 5.69 Å². The Kier molecular flexibility index (Phi) is 3.29. The molecule has 1 heterocycles. The molecule has 0 unspecified atom stereocenters. The van der Waals surface area contributed by atoms with Gasteiger partial charge in [-0.1, -0.05) is 17.7 Å². The maximum absolute atomic E-state index is 4.39. The van der Waals surface area contributed by atoms with Gasteiger partial charge in [-0.15, -0.1) is 0 Å². The molecule has 1 aromatic carbocycles. The molecule has 2 rings (SSSR count). The number of hydrogen-bond donors (Lipinski definition) is 1. The summed E-state index contributed by atoms with van der Waals surface area (Å²) in [5.41, 5.74) is 5.13. The van der Waals surface area contributed by atoms with E-state index in [-0.39, 0.29) is 0 Å². The monoisotopic (exact) mass is 229 g/mol. The summed E-state index contributed by atoms with van der Waals surface area (Å²) >= 11 is 0. The van der Waals surface area contributed by atoms with Gasteiger partial charge in [0.15, 0.2) is 0 Å². The zero-order valence-corrected chi connectivity index (χ0v) is 10.9. The molecule has 0 bridgehead atoms. The summed E-state index contributed by atoms with van der Waals surface area (Å²) in [5.74, 6) is 1.04. The predicted octanol–water partition coefficient (Wildman–Crippen LogP) is 2.52. The number of aromatic nitrogens is 2. The van der Waals surface area contributed by atoms with Gasteiger partial charge >= 0.3 is 0 Å². The minimum Gasteiger partial charge on any atom is -0.313 e. The van der Waals surface area contributed by atoms with Gasteiger partial charge in [0.1, 0.15) is 5.82 Å². The van der Waals surface area contributed by atoms with Gasteiger partial charge in [-0.3, -0.25) is 0 Å². The summed E-state index contributed by atoms with van der Waals surface area (Å²) < 4.78 is 2.17. The molecule has 1 N–H and O–H groups in total. The van der Waals surface area contributed by atoms with Gasteiger partial charge in [0.25, 0.3) is 0 Å².